The van der Waals surface area contributed by atoms with E-state index in [0.717, 1.165) is 6.07 Å². The highest BCUT2D eigenvalue weighted by Crippen LogP contribution is 2.32. The Kier molecular flexibility index (Phi) is 3.22. The zero-order chi connectivity index (χ0) is 10.8. The summed E-state index contributed by atoms with van der Waals surface area (Å²) >= 11 is 2.88. The molecule has 0 aliphatic carbocycles. The molecule has 7 heteroatoms. The maximum Gasteiger partial charge on any atom is 0.573 e. The first-order chi connectivity index (χ1) is 6.42. The van der Waals surface area contributed by atoms with Gasteiger partial charge in [0.1, 0.15) is 11.5 Å². The Bertz CT molecular complexity index is 329. The lowest BCUT2D eigenvalue weighted by atomic mass is 10.3. The zero-order valence-electron chi connectivity index (χ0n) is 6.64. The predicted octanol–water partition coefficient (Wildman–Crippen LogP) is 2.60. The molecule has 1 aromatic rings. The lowest BCUT2D eigenvalue weighted by Gasteiger charge is -2.10. The molecule has 3 nitrogen and oxygen atoms in total. The van der Waals surface area contributed by atoms with Crippen molar-refractivity contribution in [3.8, 4) is 11.5 Å². The molecule has 0 aliphatic heterocycles. The summed E-state index contributed by atoms with van der Waals surface area (Å²) in [5.41, 5.74) is 0. The van der Waals surface area contributed by atoms with Crippen molar-refractivity contribution in [1.29, 1.82) is 0 Å². The molecule has 0 radical (unpaired) electrons. The Labute approximate surface area is 85.7 Å². The summed E-state index contributed by atoms with van der Waals surface area (Å²) in [5.74, 6) is 4.69. The molecule has 78 valence electrons. The van der Waals surface area contributed by atoms with Crippen molar-refractivity contribution in [1.82, 2.24) is 0 Å². The van der Waals surface area contributed by atoms with Crippen LogP contribution in [0, 0.1) is 0 Å². The highest BCUT2D eigenvalue weighted by molar-refractivity contribution is 9.10. The molecule has 2 N–H and O–H groups in total. The maximum absolute atomic E-state index is 11.8. The molecule has 0 saturated heterocycles. The normalized spacial score (nSPS) is 11.2. The van der Waals surface area contributed by atoms with Crippen LogP contribution in [0.3, 0.4) is 0 Å². The first kappa shape index (κ1) is 11.1. The molecule has 0 heterocycles. The number of hydrogen-bond acceptors (Lipinski definition) is 3. The van der Waals surface area contributed by atoms with E-state index in [9.17, 15) is 13.2 Å². The van der Waals surface area contributed by atoms with Crippen LogP contribution in [-0.2, 0) is 0 Å². The molecule has 0 aliphatic rings. The number of benzene rings is 1. The van der Waals surface area contributed by atoms with Gasteiger partial charge in [-0.2, -0.15) is 5.90 Å². The molecule has 0 saturated carbocycles. The molecule has 0 atom stereocenters. The zero-order valence-corrected chi connectivity index (χ0v) is 8.22. The van der Waals surface area contributed by atoms with Crippen LogP contribution in [0.5, 0.6) is 11.5 Å². The SMILES string of the molecule is NOc1ccc(OC(F)(F)F)c(Br)c1. The monoisotopic (exact) mass is 271 g/mol. The van der Waals surface area contributed by atoms with Crippen LogP contribution < -0.4 is 15.5 Å². The van der Waals surface area contributed by atoms with Crippen molar-refractivity contribution in [3.63, 3.8) is 0 Å². The first-order valence-corrected chi connectivity index (χ1v) is 4.14. The van der Waals surface area contributed by atoms with Crippen LogP contribution in [0.1, 0.15) is 0 Å². The minimum atomic E-state index is -4.71. The van der Waals surface area contributed by atoms with Crippen LogP contribution in [0.2, 0.25) is 0 Å². The van der Waals surface area contributed by atoms with Gasteiger partial charge in [-0.05, 0) is 28.1 Å². The van der Waals surface area contributed by atoms with Crippen molar-refractivity contribution < 1.29 is 22.7 Å². The number of nitrogens with two attached hydrogens (primary N) is 1. The van der Waals surface area contributed by atoms with E-state index in [4.69, 9.17) is 5.90 Å². The second-order valence-corrected chi connectivity index (χ2v) is 3.11. The highest BCUT2D eigenvalue weighted by atomic mass is 79.9. The van der Waals surface area contributed by atoms with E-state index < -0.39 is 6.36 Å². The van der Waals surface area contributed by atoms with E-state index in [0.29, 0.717) is 0 Å². The van der Waals surface area contributed by atoms with Gasteiger partial charge in [-0.3, -0.25) is 0 Å². The first-order valence-electron chi connectivity index (χ1n) is 3.34. The van der Waals surface area contributed by atoms with Crippen LogP contribution in [0.4, 0.5) is 13.2 Å². The van der Waals surface area contributed by atoms with Crippen LogP contribution in [0.15, 0.2) is 22.7 Å². The average Bonchev–Trinajstić information content (AvgIpc) is 2.06. The molecular formula is C7H5BrF3NO2. The topological polar surface area (TPSA) is 44.5 Å². The largest absolute Gasteiger partial charge is 0.573 e. The number of ether oxygens (including phenoxy) is 1. The maximum atomic E-state index is 11.8. The molecule has 0 bridgehead atoms. The van der Waals surface area contributed by atoms with Gasteiger partial charge in [0.2, 0.25) is 0 Å². The molecule has 0 fully saturated rings. The predicted molar refractivity (Wildman–Crippen MR) is 45.6 cm³/mol. The second kappa shape index (κ2) is 4.05. The summed E-state index contributed by atoms with van der Waals surface area (Å²) < 4.78 is 39.2. The minimum Gasteiger partial charge on any atom is -0.411 e. The fourth-order valence-electron chi connectivity index (χ4n) is 0.762. The summed E-state index contributed by atoms with van der Waals surface area (Å²) in [7, 11) is 0. The molecule has 0 spiro atoms. The molecule has 1 rings (SSSR count). The fraction of sp³-hybridized carbons (Fsp3) is 0.143. The highest BCUT2D eigenvalue weighted by Gasteiger charge is 2.31. The van der Waals surface area contributed by atoms with Gasteiger partial charge in [-0.1, -0.05) is 0 Å². The lowest BCUT2D eigenvalue weighted by Crippen LogP contribution is -2.17. The summed E-state index contributed by atoms with van der Waals surface area (Å²) in [4.78, 5) is 4.31. The summed E-state index contributed by atoms with van der Waals surface area (Å²) in [6.07, 6.45) is -4.71. The van der Waals surface area contributed by atoms with E-state index in [1.54, 1.807) is 0 Å². The molecule has 0 unspecified atom stereocenters. The van der Waals surface area contributed by atoms with E-state index in [1.165, 1.54) is 12.1 Å². The molecule has 0 aromatic heterocycles. The standard InChI is InChI=1S/C7H5BrF3NO2/c8-5-3-4(14-12)1-2-6(5)13-7(9,10)11/h1-3H,12H2. The van der Waals surface area contributed by atoms with Crippen LogP contribution in [-0.4, -0.2) is 6.36 Å². The van der Waals surface area contributed by atoms with Gasteiger partial charge in [0, 0.05) is 6.07 Å². The van der Waals surface area contributed by atoms with Gasteiger partial charge in [0.15, 0.2) is 0 Å². The van der Waals surface area contributed by atoms with Gasteiger partial charge in [-0.15, -0.1) is 13.2 Å². The summed E-state index contributed by atoms with van der Waals surface area (Å²) in [6, 6.07) is 3.62. The molecule has 14 heavy (non-hydrogen) atoms. The number of halogens is 4. The van der Waals surface area contributed by atoms with Crippen molar-refractivity contribution in [2.75, 3.05) is 0 Å². The quantitative estimate of drug-likeness (QED) is 0.841. The number of alkyl halides is 3. The van der Waals surface area contributed by atoms with E-state index >= 15 is 0 Å². The van der Waals surface area contributed by atoms with Crippen molar-refractivity contribution in [2.45, 2.75) is 6.36 Å². The molecule has 1 aromatic carbocycles. The molecular weight excluding hydrogens is 267 g/mol. The Morgan fingerprint density at radius 1 is 1.29 bits per heavy atom. The van der Waals surface area contributed by atoms with Crippen LogP contribution >= 0.6 is 15.9 Å². The minimum absolute atomic E-state index is 0.109. The van der Waals surface area contributed by atoms with Crippen molar-refractivity contribution in [2.24, 2.45) is 5.90 Å². The van der Waals surface area contributed by atoms with Crippen LogP contribution in [0.25, 0.3) is 0 Å². The third-order valence-electron chi connectivity index (χ3n) is 1.27. The van der Waals surface area contributed by atoms with Crippen molar-refractivity contribution >= 4 is 15.9 Å². The fourth-order valence-corrected chi connectivity index (χ4v) is 1.20. The Morgan fingerprint density at radius 2 is 1.93 bits per heavy atom. The van der Waals surface area contributed by atoms with Gasteiger partial charge in [-0.25, -0.2) is 0 Å². The summed E-state index contributed by atoms with van der Waals surface area (Å²) in [5, 5.41) is 0. The van der Waals surface area contributed by atoms with Gasteiger partial charge in [0.05, 0.1) is 4.47 Å². The smallest absolute Gasteiger partial charge is 0.411 e. The lowest BCUT2D eigenvalue weighted by molar-refractivity contribution is -0.274. The van der Waals surface area contributed by atoms with E-state index in [-0.39, 0.29) is 16.0 Å². The van der Waals surface area contributed by atoms with E-state index in [1.807, 2.05) is 0 Å². The van der Waals surface area contributed by atoms with E-state index in [2.05, 4.69) is 25.5 Å². The van der Waals surface area contributed by atoms with Gasteiger partial charge < -0.3 is 9.57 Å². The summed E-state index contributed by atoms with van der Waals surface area (Å²) in [6.45, 7) is 0. The third-order valence-corrected chi connectivity index (χ3v) is 1.88. The van der Waals surface area contributed by atoms with Crippen molar-refractivity contribution in [3.05, 3.63) is 22.7 Å². The van der Waals surface area contributed by atoms with Gasteiger partial charge in [0.25, 0.3) is 0 Å². The Hall–Kier alpha value is -0.950. The van der Waals surface area contributed by atoms with Gasteiger partial charge >= 0.3 is 6.36 Å². The number of rotatable bonds is 2. The Balaban J connectivity index is 2.89. The third kappa shape index (κ3) is 3.08. The number of hydrogen-bond donors (Lipinski definition) is 1. The second-order valence-electron chi connectivity index (χ2n) is 2.26. The Morgan fingerprint density at radius 3 is 2.36 bits per heavy atom. The molecule has 0 amide bonds. The average molecular weight is 272 g/mol.